The number of nitrogens with two attached hydrogens (primary N) is 1. The maximum absolute atomic E-state index is 12.1. The van der Waals surface area contributed by atoms with Gasteiger partial charge in [0.1, 0.15) is 11.6 Å². The van der Waals surface area contributed by atoms with E-state index in [1.807, 2.05) is 6.92 Å². The van der Waals surface area contributed by atoms with Crippen LogP contribution in [-0.4, -0.2) is 49.8 Å². The smallest absolute Gasteiger partial charge is 0.327 e. The molecule has 0 saturated carbocycles. The van der Waals surface area contributed by atoms with E-state index in [-0.39, 0.29) is 24.1 Å². The number of H-pyrrole nitrogens is 1. The van der Waals surface area contributed by atoms with Gasteiger partial charge in [-0.15, -0.1) is 0 Å². The Bertz CT molecular complexity index is 784. The highest BCUT2D eigenvalue weighted by Crippen LogP contribution is 2.17. The summed E-state index contributed by atoms with van der Waals surface area (Å²) in [5.41, 5.74) is 6.18. The zero-order valence-corrected chi connectivity index (χ0v) is 14.4. The fraction of sp³-hybridized carbons (Fsp3) is 0.600. The van der Waals surface area contributed by atoms with Crippen LogP contribution in [0.1, 0.15) is 33.1 Å². The Morgan fingerprint density at radius 3 is 2.84 bits per heavy atom. The molecule has 0 aliphatic heterocycles. The number of aliphatic carboxylic acids is 1. The van der Waals surface area contributed by atoms with Gasteiger partial charge in [-0.05, 0) is 12.8 Å². The molecule has 0 fully saturated rings. The Hall–Kier alpha value is -2.62. The maximum Gasteiger partial charge on any atom is 0.327 e. The summed E-state index contributed by atoms with van der Waals surface area (Å²) < 4.78 is 6.86. The van der Waals surface area contributed by atoms with Crippen molar-refractivity contribution >= 4 is 23.0 Å². The van der Waals surface area contributed by atoms with E-state index in [0.717, 1.165) is 12.8 Å². The quantitative estimate of drug-likeness (QED) is 0.447. The molecule has 2 aromatic heterocycles. The highest BCUT2D eigenvalue weighted by atomic mass is 16.5. The molecule has 0 aliphatic carbocycles. The van der Waals surface area contributed by atoms with Gasteiger partial charge in [-0.25, -0.2) is 4.79 Å². The third-order valence-corrected chi connectivity index (χ3v) is 3.79. The van der Waals surface area contributed by atoms with E-state index in [9.17, 15) is 9.59 Å². The van der Waals surface area contributed by atoms with Crippen molar-refractivity contribution in [3.63, 3.8) is 0 Å². The number of nitrogens with one attached hydrogen (secondary N) is 2. The number of nitrogen functional groups attached to an aromatic ring is 1. The SMILES string of the molecule is CCCCOc1nc(N)c2[nH]c(=O)n(CCN[C@@H](CC)C(=O)O)c2n1. The van der Waals surface area contributed by atoms with Crippen LogP contribution in [0, 0.1) is 0 Å². The van der Waals surface area contributed by atoms with Crippen molar-refractivity contribution in [1.29, 1.82) is 0 Å². The van der Waals surface area contributed by atoms with Crippen molar-refractivity contribution in [1.82, 2.24) is 24.8 Å². The third kappa shape index (κ3) is 4.47. The number of nitrogens with zero attached hydrogens (tertiary/aromatic N) is 3. The number of fused-ring (bicyclic) bond motifs is 1. The molecule has 0 unspecified atom stereocenters. The molecule has 0 saturated heterocycles. The van der Waals surface area contributed by atoms with E-state index in [1.54, 1.807) is 6.92 Å². The normalized spacial score (nSPS) is 12.4. The number of hydrogen-bond acceptors (Lipinski definition) is 7. The minimum Gasteiger partial charge on any atom is -0.480 e. The van der Waals surface area contributed by atoms with Crippen LogP contribution in [0.15, 0.2) is 4.79 Å². The summed E-state index contributed by atoms with van der Waals surface area (Å²) in [4.78, 5) is 34.1. The van der Waals surface area contributed by atoms with Crippen molar-refractivity contribution in [2.45, 2.75) is 45.7 Å². The van der Waals surface area contributed by atoms with Gasteiger partial charge in [0.2, 0.25) is 0 Å². The van der Waals surface area contributed by atoms with Crippen molar-refractivity contribution < 1.29 is 14.6 Å². The number of aromatic nitrogens is 4. The van der Waals surface area contributed by atoms with E-state index in [1.165, 1.54) is 4.57 Å². The maximum atomic E-state index is 12.1. The zero-order chi connectivity index (χ0) is 18.4. The minimum absolute atomic E-state index is 0.121. The number of aromatic amines is 1. The lowest BCUT2D eigenvalue weighted by Gasteiger charge is -2.12. The predicted octanol–water partition coefficient (Wildman–Crippen LogP) is 0.334. The lowest BCUT2D eigenvalue weighted by Crippen LogP contribution is -2.38. The van der Waals surface area contributed by atoms with Gasteiger partial charge in [0.15, 0.2) is 11.5 Å². The molecule has 138 valence electrons. The zero-order valence-electron chi connectivity index (χ0n) is 14.4. The summed E-state index contributed by atoms with van der Waals surface area (Å²) in [5.74, 6) is -0.788. The number of rotatable bonds is 10. The van der Waals surface area contributed by atoms with E-state index in [2.05, 4.69) is 20.3 Å². The molecular formula is C15H24N6O4. The lowest BCUT2D eigenvalue weighted by molar-refractivity contribution is -0.139. The van der Waals surface area contributed by atoms with Crippen molar-refractivity contribution in [3.05, 3.63) is 10.5 Å². The summed E-state index contributed by atoms with van der Waals surface area (Å²) in [6.45, 7) is 4.83. The minimum atomic E-state index is -0.924. The first kappa shape index (κ1) is 18.7. The topological polar surface area (TPSA) is 148 Å². The number of hydrogen-bond donors (Lipinski definition) is 4. The second-order valence-electron chi connectivity index (χ2n) is 5.63. The number of ether oxygens (including phenoxy) is 1. The molecule has 0 aliphatic rings. The molecule has 2 rings (SSSR count). The van der Waals surface area contributed by atoms with Crippen LogP contribution in [-0.2, 0) is 11.3 Å². The lowest BCUT2D eigenvalue weighted by atomic mass is 10.2. The molecule has 1 atom stereocenters. The molecule has 2 heterocycles. The molecule has 10 nitrogen and oxygen atoms in total. The molecule has 0 bridgehead atoms. The molecule has 0 radical (unpaired) electrons. The van der Waals surface area contributed by atoms with Crippen LogP contribution >= 0.6 is 0 Å². The van der Waals surface area contributed by atoms with Gasteiger partial charge in [-0.3, -0.25) is 9.36 Å². The van der Waals surface area contributed by atoms with Crippen LogP contribution < -0.4 is 21.5 Å². The van der Waals surface area contributed by atoms with Gasteiger partial charge in [-0.1, -0.05) is 20.3 Å². The molecular weight excluding hydrogens is 328 g/mol. The van der Waals surface area contributed by atoms with E-state index < -0.39 is 12.0 Å². The number of carboxylic acid groups (broad SMARTS) is 1. The Labute approximate surface area is 144 Å². The van der Waals surface area contributed by atoms with Gasteiger partial charge >= 0.3 is 17.7 Å². The largest absolute Gasteiger partial charge is 0.480 e. The highest BCUT2D eigenvalue weighted by Gasteiger charge is 2.16. The number of carboxylic acids is 1. The van der Waals surface area contributed by atoms with Crippen LogP contribution in [0.5, 0.6) is 6.01 Å². The number of imidazole rings is 1. The van der Waals surface area contributed by atoms with Gasteiger partial charge in [0.25, 0.3) is 0 Å². The van der Waals surface area contributed by atoms with Gasteiger partial charge in [0.05, 0.1) is 6.61 Å². The summed E-state index contributed by atoms with van der Waals surface area (Å²) >= 11 is 0. The number of anilines is 1. The first-order chi connectivity index (χ1) is 12.0. The van der Waals surface area contributed by atoms with Crippen LogP contribution in [0.25, 0.3) is 11.2 Å². The van der Waals surface area contributed by atoms with E-state index in [4.69, 9.17) is 15.6 Å². The number of unbranched alkanes of at least 4 members (excludes halogenated alkanes) is 1. The summed E-state index contributed by atoms with van der Waals surface area (Å²) in [6, 6.07) is -0.537. The highest BCUT2D eigenvalue weighted by molar-refractivity contribution is 5.81. The predicted molar refractivity (Wildman–Crippen MR) is 92.7 cm³/mol. The molecule has 0 spiro atoms. The molecule has 2 aromatic rings. The monoisotopic (exact) mass is 352 g/mol. The molecule has 0 aromatic carbocycles. The second kappa shape index (κ2) is 8.47. The second-order valence-corrected chi connectivity index (χ2v) is 5.63. The van der Waals surface area contributed by atoms with E-state index >= 15 is 0 Å². The van der Waals surface area contributed by atoms with E-state index in [0.29, 0.717) is 30.7 Å². The van der Waals surface area contributed by atoms with Crippen LogP contribution in [0.2, 0.25) is 0 Å². The Kier molecular flexibility index (Phi) is 6.34. The van der Waals surface area contributed by atoms with Crippen LogP contribution in [0.4, 0.5) is 5.82 Å². The first-order valence-corrected chi connectivity index (χ1v) is 8.32. The average Bonchev–Trinajstić information content (AvgIpc) is 2.88. The van der Waals surface area contributed by atoms with Crippen molar-refractivity contribution in [3.8, 4) is 6.01 Å². The summed E-state index contributed by atoms with van der Waals surface area (Å²) in [5, 5.41) is 11.9. The van der Waals surface area contributed by atoms with Gasteiger partial charge < -0.3 is 25.9 Å². The summed E-state index contributed by atoms with van der Waals surface area (Å²) in [6.07, 6.45) is 2.28. The van der Waals surface area contributed by atoms with Crippen molar-refractivity contribution in [2.24, 2.45) is 0 Å². The molecule has 10 heteroatoms. The first-order valence-electron chi connectivity index (χ1n) is 8.32. The number of carbonyl (C=O) groups is 1. The fourth-order valence-corrected chi connectivity index (χ4v) is 2.37. The average molecular weight is 352 g/mol. The molecule has 5 N–H and O–H groups in total. The fourth-order valence-electron chi connectivity index (χ4n) is 2.37. The molecule has 25 heavy (non-hydrogen) atoms. The Morgan fingerprint density at radius 1 is 1.44 bits per heavy atom. The van der Waals surface area contributed by atoms with Gasteiger partial charge in [0, 0.05) is 13.1 Å². The third-order valence-electron chi connectivity index (χ3n) is 3.79. The Balaban J connectivity index is 2.19. The van der Waals surface area contributed by atoms with Crippen molar-refractivity contribution in [2.75, 3.05) is 18.9 Å². The summed E-state index contributed by atoms with van der Waals surface area (Å²) in [7, 11) is 0. The van der Waals surface area contributed by atoms with Crippen LogP contribution in [0.3, 0.4) is 0 Å². The standard InChI is InChI=1S/C15H24N6O4/c1-3-5-8-25-14-19-11(16)10-12(20-14)21(15(24)18-10)7-6-17-9(4-2)13(22)23/h9,17H,3-8H2,1-2H3,(H,18,24)(H,22,23)(H2,16,19,20)/t9-/m0/s1. The van der Waals surface area contributed by atoms with Gasteiger partial charge in [-0.2, -0.15) is 9.97 Å². The Morgan fingerprint density at radius 2 is 2.20 bits per heavy atom. The molecule has 0 amide bonds.